The molecule has 1 aliphatic heterocycles. The Morgan fingerprint density at radius 3 is 2.47 bits per heavy atom. The van der Waals surface area contributed by atoms with E-state index < -0.39 is 41.6 Å². The molecule has 4 heterocycles. The number of pyridine rings is 1. The second-order valence-corrected chi connectivity index (χ2v) is 7.74. The fourth-order valence-corrected chi connectivity index (χ4v) is 3.74. The van der Waals surface area contributed by atoms with E-state index in [-0.39, 0.29) is 54.3 Å². The third-order valence-corrected chi connectivity index (χ3v) is 5.39. The molecule has 36 heavy (non-hydrogen) atoms. The first-order valence-electron chi connectivity index (χ1n) is 10.3. The number of nitrogens with zero attached hydrogens (tertiary/aromatic N) is 5. The van der Waals surface area contributed by atoms with Crippen LogP contribution in [-0.2, 0) is 14.3 Å². The number of nitrogens with two attached hydrogens (primary N) is 1. The summed E-state index contributed by atoms with van der Waals surface area (Å²) in [6.45, 7) is -0.0209. The number of carbonyl (C=O) groups is 3. The number of anilines is 3. The molecule has 0 aromatic carbocycles. The molecule has 0 bridgehead atoms. The molecule has 0 unspecified atom stereocenters. The molecule has 1 fully saturated rings. The Labute approximate surface area is 198 Å². The molecule has 1 aliphatic rings. The molecule has 0 spiro atoms. The van der Waals surface area contributed by atoms with Crippen molar-refractivity contribution in [3.05, 3.63) is 42.0 Å². The van der Waals surface area contributed by atoms with Gasteiger partial charge in [0.15, 0.2) is 23.1 Å². The van der Waals surface area contributed by atoms with Gasteiger partial charge >= 0.3 is 18.1 Å². The molecule has 0 radical (unpaired) electrons. The minimum absolute atomic E-state index is 0.0105. The molecule has 0 saturated carbocycles. The molecule has 16 heteroatoms. The van der Waals surface area contributed by atoms with Gasteiger partial charge in [0, 0.05) is 13.1 Å². The van der Waals surface area contributed by atoms with Gasteiger partial charge in [-0.25, -0.2) is 23.1 Å². The van der Waals surface area contributed by atoms with Crippen molar-refractivity contribution in [1.29, 1.82) is 0 Å². The van der Waals surface area contributed by atoms with Crippen molar-refractivity contribution < 1.29 is 41.1 Å². The number of esters is 2. The monoisotopic (exact) mass is 513 g/mol. The van der Waals surface area contributed by atoms with Crippen LogP contribution in [0, 0.1) is 17.6 Å². The van der Waals surface area contributed by atoms with Gasteiger partial charge in [-0.15, -0.1) is 5.10 Å². The largest absolute Gasteiger partial charge is 0.491 e. The number of piperidine rings is 1. The van der Waals surface area contributed by atoms with E-state index in [1.807, 2.05) is 0 Å². The number of aromatic nitrogens is 4. The molecule has 1 amide bonds. The zero-order chi connectivity index (χ0) is 26.2. The third-order valence-electron chi connectivity index (χ3n) is 5.39. The summed E-state index contributed by atoms with van der Waals surface area (Å²) in [5.41, 5.74) is 5.37. The highest BCUT2D eigenvalue weighted by molar-refractivity contribution is 6.12. The number of fused-ring (bicyclic) bond motifs is 1. The van der Waals surface area contributed by atoms with Crippen LogP contribution in [0.3, 0.4) is 0 Å². The smallest absolute Gasteiger partial charge is 0.386 e. The zero-order valence-electron chi connectivity index (χ0n) is 18.1. The van der Waals surface area contributed by atoms with Gasteiger partial charge in [0.1, 0.15) is 11.3 Å². The zero-order valence-corrected chi connectivity index (χ0v) is 18.1. The van der Waals surface area contributed by atoms with Gasteiger partial charge in [0.25, 0.3) is 5.91 Å². The number of nitrogen functional groups attached to an aromatic ring is 1. The van der Waals surface area contributed by atoms with Gasteiger partial charge < -0.3 is 20.7 Å². The number of rotatable bonds is 4. The molecule has 3 aromatic heterocycles. The van der Waals surface area contributed by atoms with Crippen molar-refractivity contribution in [3.8, 4) is 0 Å². The fourth-order valence-electron chi connectivity index (χ4n) is 3.74. The maximum Gasteiger partial charge on any atom is 0.491 e. The van der Waals surface area contributed by atoms with Crippen LogP contribution >= 0.6 is 0 Å². The summed E-state index contributed by atoms with van der Waals surface area (Å²) < 4.78 is 70.0. The van der Waals surface area contributed by atoms with Crippen LogP contribution in [0.25, 0.3) is 5.65 Å². The van der Waals surface area contributed by atoms with E-state index in [2.05, 4.69) is 25.1 Å². The van der Waals surface area contributed by atoms with Gasteiger partial charge in [0.2, 0.25) is 0 Å². The van der Waals surface area contributed by atoms with Crippen LogP contribution in [0.5, 0.6) is 0 Å². The average molecular weight is 513 g/mol. The molecule has 4 rings (SSSR count). The standard InChI is InChI=1S/C20H16F5N7O4/c21-10-5-28-16-13(15(26)30-32(16)8-10)17(33)29-12-7-27-6-11(22)14(12)31-3-1-9(2-4-31)18(34)36-19(35)20(23,24)25/h5-9H,1-4H2,(H2,26,30)(H,29,33). The van der Waals surface area contributed by atoms with E-state index in [1.54, 1.807) is 0 Å². The molecule has 3 N–H and O–H groups in total. The number of hydrogen-bond acceptors (Lipinski definition) is 9. The van der Waals surface area contributed by atoms with Crippen LogP contribution in [0.1, 0.15) is 23.2 Å². The number of alkyl halides is 3. The van der Waals surface area contributed by atoms with Crippen molar-refractivity contribution in [3.63, 3.8) is 0 Å². The first kappa shape index (κ1) is 24.7. The number of carbonyl (C=O) groups excluding carboxylic acids is 3. The maximum absolute atomic E-state index is 14.8. The second kappa shape index (κ2) is 9.35. The van der Waals surface area contributed by atoms with E-state index >= 15 is 0 Å². The van der Waals surface area contributed by atoms with Crippen molar-refractivity contribution >= 4 is 40.7 Å². The van der Waals surface area contributed by atoms with Crippen molar-refractivity contribution in [2.75, 3.05) is 29.0 Å². The van der Waals surface area contributed by atoms with E-state index in [4.69, 9.17) is 5.73 Å². The Morgan fingerprint density at radius 1 is 1.11 bits per heavy atom. The summed E-state index contributed by atoms with van der Waals surface area (Å²) in [5, 5.41) is 6.28. The molecule has 190 valence electrons. The number of halogens is 5. The number of ether oxygens (including phenoxy) is 1. The van der Waals surface area contributed by atoms with E-state index in [9.17, 15) is 36.3 Å². The quantitative estimate of drug-likeness (QED) is 0.304. The summed E-state index contributed by atoms with van der Waals surface area (Å²) in [4.78, 5) is 44.7. The molecule has 11 nitrogen and oxygen atoms in total. The predicted octanol–water partition coefficient (Wildman–Crippen LogP) is 2.09. The lowest BCUT2D eigenvalue weighted by Crippen LogP contribution is -2.39. The molecule has 3 aromatic rings. The highest BCUT2D eigenvalue weighted by Crippen LogP contribution is 2.33. The van der Waals surface area contributed by atoms with Crippen molar-refractivity contribution in [2.24, 2.45) is 5.92 Å². The maximum atomic E-state index is 14.8. The molecular formula is C20H16F5N7O4. The lowest BCUT2D eigenvalue weighted by molar-refractivity contribution is -0.203. The van der Waals surface area contributed by atoms with Gasteiger partial charge in [0.05, 0.1) is 36.4 Å². The first-order chi connectivity index (χ1) is 17.0. The Balaban J connectivity index is 1.51. The van der Waals surface area contributed by atoms with Crippen LogP contribution in [0.2, 0.25) is 0 Å². The molecule has 1 saturated heterocycles. The molecular weight excluding hydrogens is 497 g/mol. The minimum atomic E-state index is -5.31. The van der Waals surface area contributed by atoms with Crippen molar-refractivity contribution in [1.82, 2.24) is 19.6 Å². The highest BCUT2D eigenvalue weighted by Gasteiger charge is 2.43. The Hall–Kier alpha value is -4.37. The van der Waals surface area contributed by atoms with Crippen LogP contribution in [-0.4, -0.2) is 56.7 Å². The summed E-state index contributed by atoms with van der Waals surface area (Å²) in [6, 6.07) is 0. The average Bonchev–Trinajstić information content (AvgIpc) is 3.13. The van der Waals surface area contributed by atoms with Crippen molar-refractivity contribution in [2.45, 2.75) is 19.0 Å². The first-order valence-corrected chi connectivity index (χ1v) is 10.3. The lowest BCUT2D eigenvalue weighted by atomic mass is 9.96. The third kappa shape index (κ3) is 4.87. The number of hydrogen-bond donors (Lipinski definition) is 2. The minimum Gasteiger partial charge on any atom is -0.386 e. The van der Waals surface area contributed by atoms with Crippen LogP contribution in [0.15, 0.2) is 24.8 Å². The Kier molecular flexibility index (Phi) is 6.43. The summed E-state index contributed by atoms with van der Waals surface area (Å²) in [6.07, 6.45) is -1.53. The Morgan fingerprint density at radius 2 is 1.81 bits per heavy atom. The van der Waals surface area contributed by atoms with E-state index in [0.717, 1.165) is 29.3 Å². The number of nitrogens with one attached hydrogen (secondary N) is 1. The van der Waals surface area contributed by atoms with E-state index in [0.29, 0.717) is 0 Å². The van der Waals surface area contributed by atoms with Gasteiger partial charge in [-0.2, -0.15) is 13.2 Å². The van der Waals surface area contributed by atoms with Crippen LogP contribution in [0.4, 0.5) is 39.1 Å². The summed E-state index contributed by atoms with van der Waals surface area (Å²) in [5.74, 6) is -7.58. The Bertz CT molecular complexity index is 1350. The highest BCUT2D eigenvalue weighted by atomic mass is 19.4. The van der Waals surface area contributed by atoms with Gasteiger partial charge in [-0.05, 0) is 12.8 Å². The summed E-state index contributed by atoms with van der Waals surface area (Å²) >= 11 is 0. The summed E-state index contributed by atoms with van der Waals surface area (Å²) in [7, 11) is 0. The normalized spacial score (nSPS) is 14.6. The van der Waals surface area contributed by atoms with Crippen LogP contribution < -0.4 is 16.0 Å². The molecule has 0 atom stereocenters. The lowest BCUT2D eigenvalue weighted by Gasteiger charge is -2.33. The number of amides is 1. The van der Waals surface area contributed by atoms with Gasteiger partial charge in [-0.3, -0.25) is 14.6 Å². The predicted molar refractivity (Wildman–Crippen MR) is 112 cm³/mol. The SMILES string of the molecule is Nc1nn2cc(F)cnc2c1C(=O)Nc1cncc(F)c1N1CCC(C(=O)OC(=O)C(F)(F)F)CC1. The second-order valence-electron chi connectivity index (χ2n) is 7.74. The van der Waals surface area contributed by atoms with Gasteiger partial charge in [-0.1, -0.05) is 0 Å². The molecule has 0 aliphatic carbocycles. The topological polar surface area (TPSA) is 145 Å². The van der Waals surface area contributed by atoms with E-state index in [1.165, 1.54) is 4.90 Å². The fraction of sp³-hybridized carbons (Fsp3) is 0.300.